The zero-order chi connectivity index (χ0) is 18.1. The maximum atomic E-state index is 14.0. The number of hydrogen-bond donors (Lipinski definition) is 1. The molecule has 1 aliphatic carbocycles. The molecule has 1 amide bonds. The van der Waals surface area contributed by atoms with Gasteiger partial charge >= 0.3 is 0 Å². The van der Waals surface area contributed by atoms with Gasteiger partial charge in [0.15, 0.2) is 14.6 Å². The average molecular weight is 426 g/mol. The molecule has 1 saturated carbocycles. The van der Waals surface area contributed by atoms with Gasteiger partial charge in [0.05, 0.1) is 10.6 Å². The van der Waals surface area contributed by atoms with Crippen molar-refractivity contribution in [3.8, 4) is 0 Å². The van der Waals surface area contributed by atoms with E-state index in [4.69, 9.17) is 0 Å². The van der Waals surface area contributed by atoms with Gasteiger partial charge in [-0.05, 0) is 43.2 Å². The Morgan fingerprint density at radius 3 is 2.32 bits per heavy atom. The lowest BCUT2D eigenvalue weighted by Crippen LogP contribution is -2.47. The predicted molar refractivity (Wildman–Crippen MR) is 97.6 cm³/mol. The summed E-state index contributed by atoms with van der Waals surface area (Å²) in [6.07, 6.45) is 1.74. The van der Waals surface area contributed by atoms with Crippen LogP contribution in [0.4, 0.5) is 10.1 Å². The lowest BCUT2D eigenvalue weighted by molar-refractivity contribution is -0.118. The van der Waals surface area contributed by atoms with E-state index < -0.39 is 26.3 Å². The topological polar surface area (TPSA) is 63.2 Å². The molecule has 0 atom stereocenters. The van der Waals surface area contributed by atoms with Gasteiger partial charge in [-0.25, -0.2) is 12.8 Å². The second kappa shape index (κ2) is 6.88. The number of hydrogen-bond acceptors (Lipinski definition) is 3. The monoisotopic (exact) mass is 425 g/mol. The molecule has 3 rings (SSSR count). The number of benzene rings is 2. The Morgan fingerprint density at radius 1 is 1.08 bits per heavy atom. The normalized spacial score (nSPS) is 16.6. The van der Waals surface area contributed by atoms with Crippen LogP contribution in [0.1, 0.15) is 25.7 Å². The van der Waals surface area contributed by atoms with Gasteiger partial charge in [0.25, 0.3) is 0 Å². The van der Waals surface area contributed by atoms with E-state index in [0.717, 1.165) is 0 Å². The number of anilines is 1. The van der Waals surface area contributed by atoms with Crippen molar-refractivity contribution in [2.45, 2.75) is 35.3 Å². The molecule has 0 aromatic heterocycles. The van der Waals surface area contributed by atoms with Crippen molar-refractivity contribution in [1.29, 1.82) is 0 Å². The van der Waals surface area contributed by atoms with Crippen molar-refractivity contribution < 1.29 is 17.6 Å². The third kappa shape index (κ3) is 3.22. The molecule has 0 radical (unpaired) electrons. The van der Waals surface area contributed by atoms with Gasteiger partial charge < -0.3 is 5.32 Å². The molecular formula is C18H17BrFNO3S. The van der Waals surface area contributed by atoms with Crippen LogP contribution in [0.5, 0.6) is 0 Å². The highest BCUT2D eigenvalue weighted by Crippen LogP contribution is 2.41. The number of nitrogens with one attached hydrogen (secondary N) is 1. The van der Waals surface area contributed by atoms with Crippen LogP contribution in [-0.4, -0.2) is 19.1 Å². The lowest BCUT2D eigenvalue weighted by Gasteiger charge is -2.27. The second-order valence-corrected chi connectivity index (χ2v) is 9.27. The van der Waals surface area contributed by atoms with Crippen LogP contribution in [0, 0.1) is 5.82 Å². The van der Waals surface area contributed by atoms with E-state index in [1.54, 1.807) is 24.3 Å². The summed E-state index contributed by atoms with van der Waals surface area (Å²) in [6, 6.07) is 12.2. The van der Waals surface area contributed by atoms with Gasteiger partial charge in [0.2, 0.25) is 5.91 Å². The molecule has 1 N–H and O–H groups in total. The molecule has 4 nitrogen and oxygen atoms in total. The largest absolute Gasteiger partial charge is 0.322 e. The highest BCUT2D eigenvalue weighted by Gasteiger charge is 2.53. The number of carbonyl (C=O) groups excluding carboxylic acids is 1. The lowest BCUT2D eigenvalue weighted by atomic mass is 10.1. The number of halogens is 2. The minimum Gasteiger partial charge on any atom is -0.322 e. The molecule has 2 aromatic carbocycles. The van der Waals surface area contributed by atoms with Crippen LogP contribution < -0.4 is 5.32 Å². The number of carbonyl (C=O) groups is 1. The Bertz CT molecular complexity index is 894. The van der Waals surface area contributed by atoms with Crippen LogP contribution >= 0.6 is 15.9 Å². The predicted octanol–water partition coefficient (Wildman–Crippen LogP) is 4.31. The first-order valence-corrected chi connectivity index (χ1v) is 10.2. The summed E-state index contributed by atoms with van der Waals surface area (Å²) in [4.78, 5) is 13.0. The van der Waals surface area contributed by atoms with E-state index in [9.17, 15) is 17.6 Å². The minimum absolute atomic E-state index is 0.0252. The Kier molecular flexibility index (Phi) is 4.97. The van der Waals surface area contributed by atoms with Crippen molar-refractivity contribution in [3.05, 3.63) is 58.8 Å². The molecule has 0 heterocycles. The highest BCUT2D eigenvalue weighted by atomic mass is 79.9. The highest BCUT2D eigenvalue weighted by molar-refractivity contribution is 9.10. The van der Waals surface area contributed by atoms with Crippen LogP contribution in [0.15, 0.2) is 57.9 Å². The molecule has 2 aromatic rings. The molecule has 7 heteroatoms. The van der Waals surface area contributed by atoms with E-state index in [0.29, 0.717) is 17.3 Å². The van der Waals surface area contributed by atoms with Crippen molar-refractivity contribution in [2.75, 3.05) is 5.32 Å². The molecule has 1 fully saturated rings. The maximum absolute atomic E-state index is 14.0. The fraction of sp³-hybridized carbons (Fsp3) is 0.278. The number of sulfone groups is 1. The summed E-state index contributed by atoms with van der Waals surface area (Å²) in [6.45, 7) is 0. The summed E-state index contributed by atoms with van der Waals surface area (Å²) in [5.41, 5.74) is -0.0252. The molecule has 0 unspecified atom stereocenters. The van der Waals surface area contributed by atoms with Crippen LogP contribution in [0.3, 0.4) is 0 Å². The SMILES string of the molecule is O=C(Nc1ccc(Br)cc1F)C1(S(=O)(=O)c2ccccc2)CCCC1. The third-order valence-corrected chi connectivity index (χ3v) is 7.58. The molecule has 0 saturated heterocycles. The van der Waals surface area contributed by atoms with E-state index in [1.807, 2.05) is 0 Å². The maximum Gasteiger partial charge on any atom is 0.246 e. The van der Waals surface area contributed by atoms with Gasteiger partial charge in [0.1, 0.15) is 5.82 Å². The van der Waals surface area contributed by atoms with Crippen molar-refractivity contribution in [1.82, 2.24) is 0 Å². The first-order valence-electron chi connectivity index (χ1n) is 7.93. The summed E-state index contributed by atoms with van der Waals surface area (Å²) >= 11 is 3.15. The Hall–Kier alpha value is -1.73. The van der Waals surface area contributed by atoms with E-state index >= 15 is 0 Å². The van der Waals surface area contributed by atoms with Crippen molar-refractivity contribution in [2.24, 2.45) is 0 Å². The standard InChI is InChI=1S/C18H17BrFNO3S/c19-13-8-9-16(15(20)12-13)21-17(22)18(10-4-5-11-18)25(23,24)14-6-2-1-3-7-14/h1-3,6-9,12H,4-5,10-11H2,(H,21,22). The fourth-order valence-electron chi connectivity index (χ4n) is 3.22. The first kappa shape index (κ1) is 18.1. The van der Waals surface area contributed by atoms with Crippen molar-refractivity contribution in [3.63, 3.8) is 0 Å². The summed E-state index contributed by atoms with van der Waals surface area (Å²) < 4.78 is 39.4. The van der Waals surface area contributed by atoms with Crippen LogP contribution in [-0.2, 0) is 14.6 Å². The van der Waals surface area contributed by atoms with Crippen LogP contribution in [0.2, 0.25) is 0 Å². The fourth-order valence-corrected chi connectivity index (χ4v) is 5.64. The zero-order valence-electron chi connectivity index (χ0n) is 13.3. The summed E-state index contributed by atoms with van der Waals surface area (Å²) in [5.74, 6) is -1.29. The van der Waals surface area contributed by atoms with Gasteiger partial charge in [-0.15, -0.1) is 0 Å². The smallest absolute Gasteiger partial charge is 0.246 e. The Morgan fingerprint density at radius 2 is 1.72 bits per heavy atom. The van der Waals surface area contributed by atoms with E-state index in [2.05, 4.69) is 21.2 Å². The van der Waals surface area contributed by atoms with E-state index in [-0.39, 0.29) is 23.4 Å². The van der Waals surface area contributed by atoms with Gasteiger partial charge in [-0.1, -0.05) is 47.0 Å². The third-order valence-electron chi connectivity index (χ3n) is 4.57. The van der Waals surface area contributed by atoms with Crippen LogP contribution in [0.25, 0.3) is 0 Å². The van der Waals surface area contributed by atoms with Gasteiger partial charge in [-0.3, -0.25) is 4.79 Å². The molecule has 0 spiro atoms. The quantitative estimate of drug-likeness (QED) is 0.793. The average Bonchev–Trinajstić information content (AvgIpc) is 3.10. The van der Waals surface area contributed by atoms with Gasteiger partial charge in [0, 0.05) is 4.47 Å². The second-order valence-electron chi connectivity index (χ2n) is 6.10. The summed E-state index contributed by atoms with van der Waals surface area (Å²) in [5, 5.41) is 2.48. The van der Waals surface area contributed by atoms with Crippen molar-refractivity contribution >= 4 is 37.4 Å². The molecule has 1 aliphatic rings. The molecule has 0 aliphatic heterocycles. The first-order chi connectivity index (χ1) is 11.9. The number of amides is 1. The van der Waals surface area contributed by atoms with Gasteiger partial charge in [-0.2, -0.15) is 0 Å². The molecule has 0 bridgehead atoms. The Labute approximate surface area is 154 Å². The Balaban J connectivity index is 1.99. The summed E-state index contributed by atoms with van der Waals surface area (Å²) in [7, 11) is -3.88. The molecule has 25 heavy (non-hydrogen) atoms. The zero-order valence-corrected chi connectivity index (χ0v) is 15.7. The molecule has 132 valence electrons. The number of rotatable bonds is 4. The van der Waals surface area contributed by atoms with E-state index in [1.165, 1.54) is 24.3 Å². The molecular weight excluding hydrogens is 409 g/mol. The minimum atomic E-state index is -3.88.